The molecule has 0 heterocycles. The van der Waals surface area contributed by atoms with Gasteiger partial charge < -0.3 is 10.1 Å². The Hall–Kier alpha value is -2.29. The van der Waals surface area contributed by atoms with Gasteiger partial charge >= 0.3 is 0 Å². The number of ether oxygens (including phenoxy) is 1. The molecule has 2 aromatic rings. The summed E-state index contributed by atoms with van der Waals surface area (Å²) in [4.78, 5) is 12.7. The largest absolute Gasteiger partial charge is 0.481 e. The first kappa shape index (κ1) is 21.0. The van der Waals surface area contributed by atoms with E-state index in [0.717, 1.165) is 12.0 Å². The molecule has 0 bridgehead atoms. The Morgan fingerprint density at radius 2 is 1.56 bits per heavy atom. The summed E-state index contributed by atoms with van der Waals surface area (Å²) in [5.74, 6) is 1.10. The summed E-state index contributed by atoms with van der Waals surface area (Å²) < 4.78 is 5.87. The Bertz CT molecular complexity index is 714. The summed E-state index contributed by atoms with van der Waals surface area (Å²) in [5, 5.41) is 3.16. The first-order chi connectivity index (χ1) is 12.7. The summed E-state index contributed by atoms with van der Waals surface area (Å²) in [7, 11) is 0. The third kappa shape index (κ3) is 6.42. The molecule has 27 heavy (non-hydrogen) atoms. The van der Waals surface area contributed by atoms with Crippen LogP contribution in [-0.4, -0.2) is 12.0 Å². The van der Waals surface area contributed by atoms with Crippen LogP contribution in [0.5, 0.6) is 5.75 Å². The zero-order valence-electron chi connectivity index (χ0n) is 17.5. The van der Waals surface area contributed by atoms with E-state index in [1.54, 1.807) is 6.92 Å². The first-order valence-electron chi connectivity index (χ1n) is 9.79. The predicted molar refractivity (Wildman–Crippen MR) is 112 cm³/mol. The lowest BCUT2D eigenvalue weighted by Gasteiger charge is -2.24. The van der Waals surface area contributed by atoms with Gasteiger partial charge in [0, 0.05) is 0 Å². The van der Waals surface area contributed by atoms with Crippen LogP contribution >= 0.6 is 0 Å². The topological polar surface area (TPSA) is 38.3 Å². The molecule has 146 valence electrons. The fourth-order valence-electron chi connectivity index (χ4n) is 3.02. The number of carbonyl (C=O) groups is 1. The first-order valence-corrected chi connectivity index (χ1v) is 9.79. The van der Waals surface area contributed by atoms with Gasteiger partial charge in [0.15, 0.2) is 6.10 Å². The van der Waals surface area contributed by atoms with E-state index in [1.807, 2.05) is 30.3 Å². The molecule has 0 aliphatic carbocycles. The van der Waals surface area contributed by atoms with E-state index in [0.29, 0.717) is 11.7 Å². The van der Waals surface area contributed by atoms with Gasteiger partial charge in [-0.25, -0.2) is 0 Å². The fourth-order valence-corrected chi connectivity index (χ4v) is 3.02. The van der Waals surface area contributed by atoms with Gasteiger partial charge in [-0.2, -0.15) is 0 Å². The summed E-state index contributed by atoms with van der Waals surface area (Å²) in [6, 6.07) is 18.1. The quantitative estimate of drug-likeness (QED) is 0.686. The van der Waals surface area contributed by atoms with Crippen molar-refractivity contribution < 1.29 is 9.53 Å². The Morgan fingerprint density at radius 3 is 2.07 bits per heavy atom. The summed E-state index contributed by atoms with van der Waals surface area (Å²) in [6.45, 7) is 12.7. The average molecular weight is 368 g/mol. The normalized spacial score (nSPS) is 13.9. The lowest BCUT2D eigenvalue weighted by molar-refractivity contribution is -0.128. The van der Waals surface area contributed by atoms with Crippen LogP contribution in [0.2, 0.25) is 0 Å². The van der Waals surface area contributed by atoms with E-state index in [-0.39, 0.29) is 17.4 Å². The van der Waals surface area contributed by atoms with Gasteiger partial charge in [0.2, 0.25) is 0 Å². The van der Waals surface area contributed by atoms with Crippen molar-refractivity contribution in [2.75, 3.05) is 0 Å². The molecule has 3 nitrogen and oxygen atoms in total. The maximum atomic E-state index is 12.7. The van der Waals surface area contributed by atoms with Gasteiger partial charge in [-0.1, -0.05) is 77.1 Å². The molecular formula is C24H33NO2. The monoisotopic (exact) mass is 367 g/mol. The minimum absolute atomic E-state index is 0.00647. The average Bonchev–Trinajstić information content (AvgIpc) is 2.61. The molecule has 0 aliphatic heterocycles. The molecule has 0 saturated carbocycles. The molecule has 0 aromatic heterocycles. The number of carbonyl (C=O) groups excluding carboxylic acids is 1. The highest BCUT2D eigenvalue weighted by Gasteiger charge is 2.21. The molecule has 0 saturated heterocycles. The van der Waals surface area contributed by atoms with Crippen LogP contribution in [0.1, 0.15) is 65.1 Å². The van der Waals surface area contributed by atoms with Gasteiger partial charge in [-0.15, -0.1) is 0 Å². The Morgan fingerprint density at radius 1 is 0.963 bits per heavy atom. The van der Waals surface area contributed by atoms with Gasteiger partial charge in [0.05, 0.1) is 6.04 Å². The summed E-state index contributed by atoms with van der Waals surface area (Å²) >= 11 is 0. The standard InChI is InChI=1S/C24H33NO2/c1-17(2)16-22(19-10-8-7-9-11-19)25-23(26)18(3)27-21-14-12-20(13-15-21)24(4,5)6/h7-15,17-18,22H,16H2,1-6H3,(H,25,26)/t18-,22-/m0/s1. The maximum Gasteiger partial charge on any atom is 0.261 e. The van der Waals surface area contributed by atoms with Crippen LogP contribution in [0.3, 0.4) is 0 Å². The number of amides is 1. The number of hydrogen-bond donors (Lipinski definition) is 1. The Kier molecular flexibility index (Phi) is 7.06. The van der Waals surface area contributed by atoms with Crippen molar-refractivity contribution in [3.63, 3.8) is 0 Å². The van der Waals surface area contributed by atoms with Gasteiger partial charge in [0.1, 0.15) is 5.75 Å². The van der Waals surface area contributed by atoms with Crippen LogP contribution < -0.4 is 10.1 Å². The van der Waals surface area contributed by atoms with Crippen LogP contribution in [0, 0.1) is 5.92 Å². The number of rotatable bonds is 7. The van der Waals surface area contributed by atoms with E-state index < -0.39 is 6.10 Å². The second-order valence-corrected chi connectivity index (χ2v) is 8.64. The molecule has 0 radical (unpaired) electrons. The van der Waals surface area contributed by atoms with Gasteiger partial charge in [-0.3, -0.25) is 4.79 Å². The third-order valence-corrected chi connectivity index (χ3v) is 4.63. The molecule has 3 heteroatoms. The summed E-state index contributed by atoms with van der Waals surface area (Å²) in [5.41, 5.74) is 2.47. The molecule has 1 N–H and O–H groups in total. The minimum atomic E-state index is -0.552. The zero-order valence-corrected chi connectivity index (χ0v) is 17.5. The second kappa shape index (κ2) is 9.07. The molecule has 1 amide bonds. The molecule has 2 atom stereocenters. The SMILES string of the molecule is CC(C)C[C@H](NC(=O)[C@H](C)Oc1ccc(C(C)(C)C)cc1)c1ccccc1. The van der Waals surface area contributed by atoms with Crippen molar-refractivity contribution in [2.45, 2.75) is 65.5 Å². The number of hydrogen-bond acceptors (Lipinski definition) is 2. The molecule has 0 aliphatic rings. The fraction of sp³-hybridized carbons (Fsp3) is 0.458. The Balaban J connectivity index is 2.02. The summed E-state index contributed by atoms with van der Waals surface area (Å²) in [6.07, 6.45) is 0.340. The van der Waals surface area contributed by atoms with Gasteiger partial charge in [0.25, 0.3) is 5.91 Å². The van der Waals surface area contributed by atoms with E-state index in [1.165, 1.54) is 5.56 Å². The highest BCUT2D eigenvalue weighted by molar-refractivity contribution is 5.81. The molecule has 0 unspecified atom stereocenters. The van der Waals surface area contributed by atoms with Crippen LogP contribution in [0.15, 0.2) is 54.6 Å². The predicted octanol–water partition coefficient (Wildman–Crippen LogP) is 5.66. The van der Waals surface area contributed by atoms with E-state index in [4.69, 9.17) is 4.74 Å². The van der Waals surface area contributed by atoms with Crippen molar-refractivity contribution in [1.82, 2.24) is 5.32 Å². The maximum absolute atomic E-state index is 12.7. The highest BCUT2D eigenvalue weighted by atomic mass is 16.5. The molecule has 0 fully saturated rings. The lowest BCUT2D eigenvalue weighted by Crippen LogP contribution is -2.39. The second-order valence-electron chi connectivity index (χ2n) is 8.64. The molecule has 2 aromatic carbocycles. The minimum Gasteiger partial charge on any atom is -0.481 e. The van der Waals surface area contributed by atoms with Crippen LogP contribution in [0.25, 0.3) is 0 Å². The van der Waals surface area contributed by atoms with Crippen molar-refractivity contribution in [3.05, 3.63) is 65.7 Å². The van der Waals surface area contributed by atoms with Crippen molar-refractivity contribution in [3.8, 4) is 5.75 Å². The highest BCUT2D eigenvalue weighted by Crippen LogP contribution is 2.25. The smallest absolute Gasteiger partial charge is 0.261 e. The van der Waals surface area contributed by atoms with Crippen LogP contribution in [-0.2, 0) is 10.2 Å². The molecular weight excluding hydrogens is 334 g/mol. The number of nitrogens with one attached hydrogen (secondary N) is 1. The van der Waals surface area contributed by atoms with Crippen molar-refractivity contribution in [2.24, 2.45) is 5.92 Å². The lowest BCUT2D eigenvalue weighted by atomic mass is 9.87. The van der Waals surface area contributed by atoms with Crippen molar-refractivity contribution >= 4 is 5.91 Å². The van der Waals surface area contributed by atoms with Gasteiger partial charge in [-0.05, 0) is 47.9 Å². The third-order valence-electron chi connectivity index (χ3n) is 4.63. The zero-order chi connectivity index (χ0) is 20.0. The van der Waals surface area contributed by atoms with E-state index in [9.17, 15) is 4.79 Å². The number of benzene rings is 2. The molecule has 0 spiro atoms. The Labute approximate surface area is 164 Å². The van der Waals surface area contributed by atoms with E-state index in [2.05, 4.69) is 64.2 Å². The molecule has 2 rings (SSSR count). The van der Waals surface area contributed by atoms with Crippen LogP contribution in [0.4, 0.5) is 0 Å². The van der Waals surface area contributed by atoms with E-state index >= 15 is 0 Å². The van der Waals surface area contributed by atoms with Crippen molar-refractivity contribution in [1.29, 1.82) is 0 Å².